The van der Waals surface area contributed by atoms with Crippen LogP contribution in [0.25, 0.3) is 0 Å². The molecule has 0 aromatic carbocycles. The van der Waals surface area contributed by atoms with Crippen molar-refractivity contribution in [2.75, 3.05) is 0 Å². The summed E-state index contributed by atoms with van der Waals surface area (Å²) in [5.41, 5.74) is 1.25. The van der Waals surface area contributed by atoms with Gasteiger partial charge in [-0.05, 0) is 19.8 Å². The fourth-order valence-corrected chi connectivity index (χ4v) is 3.25. The fourth-order valence-electron chi connectivity index (χ4n) is 2.51. The van der Waals surface area contributed by atoms with Gasteiger partial charge in [-0.3, -0.25) is 0 Å². The highest BCUT2D eigenvalue weighted by Gasteiger charge is 2.35. The summed E-state index contributed by atoms with van der Waals surface area (Å²) in [6, 6.07) is 2.35. The summed E-state index contributed by atoms with van der Waals surface area (Å²) < 4.78 is 0. The molecule has 15 heavy (non-hydrogen) atoms. The van der Waals surface area contributed by atoms with Gasteiger partial charge in [0.25, 0.3) is 0 Å². The van der Waals surface area contributed by atoms with E-state index >= 15 is 0 Å². The van der Waals surface area contributed by atoms with Crippen molar-refractivity contribution in [3.8, 4) is 6.07 Å². The van der Waals surface area contributed by atoms with Crippen molar-refractivity contribution in [3.63, 3.8) is 0 Å². The third kappa shape index (κ3) is 2.05. The van der Waals surface area contributed by atoms with Crippen LogP contribution in [0.4, 0.5) is 0 Å². The maximum absolute atomic E-state index is 8.98. The topological polar surface area (TPSA) is 36.7 Å². The molecule has 1 aromatic heterocycles. The molecule has 0 atom stereocenters. The predicted molar refractivity (Wildman–Crippen MR) is 61.8 cm³/mol. The summed E-state index contributed by atoms with van der Waals surface area (Å²) in [5, 5.41) is 12.2. The first-order valence-electron chi connectivity index (χ1n) is 5.56. The smallest absolute Gasteiger partial charge is 0.0897 e. The Kier molecular flexibility index (Phi) is 3.06. The van der Waals surface area contributed by atoms with E-state index in [0.717, 1.165) is 17.8 Å². The Hall–Kier alpha value is -0.880. The maximum Gasteiger partial charge on any atom is 0.0897 e. The van der Waals surface area contributed by atoms with Crippen LogP contribution in [0.2, 0.25) is 0 Å². The van der Waals surface area contributed by atoms with E-state index in [4.69, 9.17) is 5.26 Å². The molecule has 0 unspecified atom stereocenters. The van der Waals surface area contributed by atoms with E-state index in [1.807, 2.05) is 6.92 Å². The highest BCUT2D eigenvalue weighted by atomic mass is 32.1. The molecule has 0 amide bonds. The summed E-state index contributed by atoms with van der Waals surface area (Å²) in [5.74, 6) is 0. The molecule has 1 aliphatic carbocycles. The lowest BCUT2D eigenvalue weighted by Crippen LogP contribution is -2.29. The van der Waals surface area contributed by atoms with Gasteiger partial charge in [0.15, 0.2) is 0 Å². The first-order valence-corrected chi connectivity index (χ1v) is 6.44. The van der Waals surface area contributed by atoms with Crippen LogP contribution in [0, 0.1) is 18.3 Å². The summed E-state index contributed by atoms with van der Waals surface area (Å²) >= 11 is 1.70. The monoisotopic (exact) mass is 220 g/mol. The zero-order valence-electron chi connectivity index (χ0n) is 9.12. The summed E-state index contributed by atoms with van der Waals surface area (Å²) in [4.78, 5) is 4.59. The normalized spacial score (nSPS) is 19.7. The van der Waals surface area contributed by atoms with Crippen molar-refractivity contribution in [2.24, 2.45) is 0 Å². The molecular formula is C12H16N2S. The number of aromatic nitrogens is 1. The SMILES string of the molecule is Cc1nc(C2(CC#N)CCCCC2)cs1. The molecule has 1 heterocycles. The minimum absolute atomic E-state index is 0.0811. The molecule has 2 nitrogen and oxygen atoms in total. The molecule has 1 fully saturated rings. The summed E-state index contributed by atoms with van der Waals surface area (Å²) in [6.07, 6.45) is 6.73. The van der Waals surface area contributed by atoms with Crippen molar-refractivity contribution in [2.45, 2.75) is 50.9 Å². The molecule has 2 rings (SSSR count). The van der Waals surface area contributed by atoms with Gasteiger partial charge in [0.2, 0.25) is 0 Å². The van der Waals surface area contributed by atoms with Crippen LogP contribution < -0.4 is 0 Å². The highest BCUT2D eigenvalue weighted by molar-refractivity contribution is 7.09. The first-order chi connectivity index (χ1) is 7.27. The molecule has 80 valence electrons. The van der Waals surface area contributed by atoms with Gasteiger partial charge in [0.1, 0.15) is 0 Å². The largest absolute Gasteiger partial charge is 0.246 e. The predicted octanol–water partition coefficient (Wildman–Crippen LogP) is 3.57. The Labute approximate surface area is 95.0 Å². The lowest BCUT2D eigenvalue weighted by molar-refractivity contribution is 0.291. The van der Waals surface area contributed by atoms with Gasteiger partial charge < -0.3 is 0 Å². The number of hydrogen-bond acceptors (Lipinski definition) is 3. The van der Waals surface area contributed by atoms with Crippen LogP contribution in [-0.4, -0.2) is 4.98 Å². The molecule has 1 aromatic rings. The van der Waals surface area contributed by atoms with E-state index in [1.165, 1.54) is 25.0 Å². The molecule has 0 N–H and O–H groups in total. The molecule has 0 radical (unpaired) electrons. The maximum atomic E-state index is 8.98. The zero-order valence-corrected chi connectivity index (χ0v) is 9.94. The van der Waals surface area contributed by atoms with Gasteiger partial charge in [-0.15, -0.1) is 11.3 Å². The van der Waals surface area contributed by atoms with Gasteiger partial charge in [-0.1, -0.05) is 19.3 Å². The fraction of sp³-hybridized carbons (Fsp3) is 0.667. The average molecular weight is 220 g/mol. The van der Waals surface area contributed by atoms with Gasteiger partial charge in [0.05, 0.1) is 16.8 Å². The minimum Gasteiger partial charge on any atom is -0.246 e. The van der Waals surface area contributed by atoms with E-state index in [2.05, 4.69) is 16.4 Å². The average Bonchev–Trinajstić information content (AvgIpc) is 2.67. The zero-order chi connectivity index (χ0) is 10.7. The molecule has 1 aliphatic rings. The van der Waals surface area contributed by atoms with E-state index in [1.54, 1.807) is 11.3 Å². The number of rotatable bonds is 2. The third-order valence-corrected chi connectivity index (χ3v) is 4.16. The summed E-state index contributed by atoms with van der Waals surface area (Å²) in [7, 11) is 0. The second kappa shape index (κ2) is 4.32. The number of thiazole rings is 1. The van der Waals surface area contributed by atoms with Crippen LogP contribution in [-0.2, 0) is 5.41 Å². The van der Waals surface area contributed by atoms with Crippen LogP contribution in [0.1, 0.15) is 49.2 Å². The Morgan fingerprint density at radius 3 is 2.73 bits per heavy atom. The Balaban J connectivity index is 2.29. The van der Waals surface area contributed by atoms with Gasteiger partial charge in [0, 0.05) is 17.2 Å². The minimum atomic E-state index is 0.0811. The van der Waals surface area contributed by atoms with Gasteiger partial charge in [-0.25, -0.2) is 4.98 Å². The number of nitriles is 1. The number of nitrogens with zero attached hydrogens (tertiary/aromatic N) is 2. The lowest BCUT2D eigenvalue weighted by Gasteiger charge is -2.33. The molecule has 0 aliphatic heterocycles. The Morgan fingerprint density at radius 1 is 1.47 bits per heavy atom. The molecule has 3 heteroatoms. The molecular weight excluding hydrogens is 204 g/mol. The first kappa shape index (κ1) is 10.6. The van der Waals surface area contributed by atoms with Crippen molar-refractivity contribution in [1.29, 1.82) is 5.26 Å². The third-order valence-electron chi connectivity index (χ3n) is 3.39. The van der Waals surface area contributed by atoms with E-state index in [-0.39, 0.29) is 5.41 Å². The van der Waals surface area contributed by atoms with Gasteiger partial charge in [-0.2, -0.15) is 5.26 Å². The van der Waals surface area contributed by atoms with Crippen LogP contribution in [0.5, 0.6) is 0 Å². The molecule has 1 saturated carbocycles. The quantitative estimate of drug-likeness (QED) is 0.764. The highest BCUT2D eigenvalue weighted by Crippen LogP contribution is 2.42. The standard InChI is InChI=1S/C12H16N2S/c1-10-14-11(9-15-10)12(7-8-13)5-3-2-4-6-12/h9H,2-7H2,1H3. The second-order valence-corrected chi connectivity index (χ2v) is 5.49. The van der Waals surface area contributed by atoms with E-state index < -0.39 is 0 Å². The van der Waals surface area contributed by atoms with Crippen molar-refractivity contribution >= 4 is 11.3 Å². The lowest BCUT2D eigenvalue weighted by atomic mass is 9.70. The summed E-state index contributed by atoms with van der Waals surface area (Å²) in [6.45, 7) is 2.04. The van der Waals surface area contributed by atoms with Crippen molar-refractivity contribution < 1.29 is 0 Å². The Bertz CT molecular complexity index is 369. The molecule has 0 saturated heterocycles. The van der Waals surface area contributed by atoms with Gasteiger partial charge >= 0.3 is 0 Å². The van der Waals surface area contributed by atoms with Crippen molar-refractivity contribution in [1.82, 2.24) is 4.98 Å². The van der Waals surface area contributed by atoms with Crippen LogP contribution in [0.3, 0.4) is 0 Å². The van der Waals surface area contributed by atoms with Crippen LogP contribution >= 0.6 is 11.3 Å². The number of aryl methyl sites for hydroxylation is 1. The second-order valence-electron chi connectivity index (χ2n) is 4.43. The van der Waals surface area contributed by atoms with E-state index in [0.29, 0.717) is 6.42 Å². The number of hydrogen-bond donors (Lipinski definition) is 0. The molecule has 0 bridgehead atoms. The van der Waals surface area contributed by atoms with E-state index in [9.17, 15) is 0 Å². The van der Waals surface area contributed by atoms with Crippen LogP contribution in [0.15, 0.2) is 5.38 Å². The van der Waals surface area contributed by atoms with Crippen molar-refractivity contribution in [3.05, 3.63) is 16.1 Å². The Morgan fingerprint density at radius 2 is 2.20 bits per heavy atom. The molecule has 0 spiro atoms.